The van der Waals surface area contributed by atoms with Crippen LogP contribution in [0.25, 0.3) is 0 Å². The number of primary amides is 1. The van der Waals surface area contributed by atoms with Gasteiger partial charge in [0.25, 0.3) is 0 Å². The number of benzene rings is 1. The molecule has 8 heteroatoms. The van der Waals surface area contributed by atoms with E-state index in [4.69, 9.17) is 15.2 Å². The second-order valence-corrected chi connectivity index (χ2v) is 6.68. The van der Waals surface area contributed by atoms with Crippen LogP contribution >= 0.6 is 0 Å². The Hall–Kier alpha value is -2.48. The van der Waals surface area contributed by atoms with Crippen molar-refractivity contribution in [2.75, 3.05) is 31.6 Å². The monoisotopic (exact) mass is 362 g/mol. The summed E-state index contributed by atoms with van der Waals surface area (Å²) in [6.07, 6.45) is 1.51. The SMILES string of the molecule is COc1ccccc1N1CCC(NC(=O)NCC2CCC(C(N)=O)O2)C1. The number of anilines is 1. The Balaban J connectivity index is 1.42. The van der Waals surface area contributed by atoms with Gasteiger partial charge in [0.2, 0.25) is 5.91 Å². The predicted octanol–water partition coefficient (Wildman–Crippen LogP) is 0.606. The number of amides is 3. The molecule has 1 aromatic carbocycles. The first-order chi connectivity index (χ1) is 12.6. The Bertz CT molecular complexity index is 654. The number of hydrogen-bond donors (Lipinski definition) is 3. The molecule has 26 heavy (non-hydrogen) atoms. The third-order valence-electron chi connectivity index (χ3n) is 4.86. The number of nitrogens with zero attached hydrogens (tertiary/aromatic N) is 1. The fourth-order valence-corrected chi connectivity index (χ4v) is 3.50. The van der Waals surface area contributed by atoms with Gasteiger partial charge in [-0.25, -0.2) is 4.79 Å². The lowest BCUT2D eigenvalue weighted by Gasteiger charge is -2.21. The lowest BCUT2D eigenvalue weighted by molar-refractivity contribution is -0.128. The molecule has 3 rings (SSSR count). The number of para-hydroxylation sites is 2. The van der Waals surface area contributed by atoms with Crippen LogP contribution in [0.4, 0.5) is 10.5 Å². The summed E-state index contributed by atoms with van der Waals surface area (Å²) in [6.45, 7) is 1.97. The molecule has 3 atom stereocenters. The minimum absolute atomic E-state index is 0.0720. The highest BCUT2D eigenvalue weighted by Crippen LogP contribution is 2.30. The van der Waals surface area contributed by atoms with Crippen molar-refractivity contribution in [3.8, 4) is 5.75 Å². The molecule has 0 bridgehead atoms. The van der Waals surface area contributed by atoms with Gasteiger partial charge >= 0.3 is 6.03 Å². The maximum Gasteiger partial charge on any atom is 0.315 e. The highest BCUT2D eigenvalue weighted by Gasteiger charge is 2.30. The van der Waals surface area contributed by atoms with E-state index in [0.29, 0.717) is 13.0 Å². The highest BCUT2D eigenvalue weighted by molar-refractivity contribution is 5.79. The molecule has 3 unspecified atom stereocenters. The summed E-state index contributed by atoms with van der Waals surface area (Å²) in [5, 5.41) is 5.81. The fraction of sp³-hybridized carbons (Fsp3) is 0.556. The molecule has 0 radical (unpaired) electrons. The van der Waals surface area contributed by atoms with E-state index in [0.717, 1.165) is 37.4 Å². The molecular formula is C18H26N4O4. The zero-order valence-corrected chi connectivity index (χ0v) is 14.9. The summed E-state index contributed by atoms with van der Waals surface area (Å²) in [6, 6.07) is 7.73. The van der Waals surface area contributed by atoms with Crippen LogP contribution in [0.3, 0.4) is 0 Å². The van der Waals surface area contributed by atoms with Crippen molar-refractivity contribution in [3.63, 3.8) is 0 Å². The fourth-order valence-electron chi connectivity index (χ4n) is 3.50. The summed E-state index contributed by atoms with van der Waals surface area (Å²) in [5.41, 5.74) is 6.27. The average Bonchev–Trinajstić information content (AvgIpc) is 3.29. The van der Waals surface area contributed by atoms with Gasteiger partial charge in [-0.2, -0.15) is 0 Å². The minimum atomic E-state index is -0.533. The molecule has 1 aromatic rings. The molecule has 2 heterocycles. The Morgan fingerprint density at radius 3 is 2.85 bits per heavy atom. The number of hydrogen-bond acceptors (Lipinski definition) is 5. The normalized spacial score (nSPS) is 25.1. The molecule has 0 aliphatic carbocycles. The number of nitrogens with one attached hydrogen (secondary N) is 2. The number of rotatable bonds is 6. The first-order valence-corrected chi connectivity index (χ1v) is 8.94. The first-order valence-electron chi connectivity index (χ1n) is 8.94. The Morgan fingerprint density at radius 1 is 1.31 bits per heavy atom. The average molecular weight is 362 g/mol. The third kappa shape index (κ3) is 4.37. The zero-order valence-electron chi connectivity index (χ0n) is 14.9. The Kier molecular flexibility index (Phi) is 5.82. The van der Waals surface area contributed by atoms with Gasteiger partial charge in [-0.05, 0) is 31.4 Å². The summed E-state index contributed by atoms with van der Waals surface area (Å²) in [7, 11) is 1.66. The van der Waals surface area contributed by atoms with E-state index in [1.165, 1.54) is 0 Å². The van der Waals surface area contributed by atoms with E-state index in [1.807, 2.05) is 24.3 Å². The maximum atomic E-state index is 12.1. The molecule has 4 N–H and O–H groups in total. The summed E-state index contributed by atoms with van der Waals surface area (Å²) < 4.78 is 10.9. The van der Waals surface area contributed by atoms with Crippen LogP contribution in [-0.2, 0) is 9.53 Å². The highest BCUT2D eigenvalue weighted by atomic mass is 16.5. The van der Waals surface area contributed by atoms with Gasteiger partial charge < -0.3 is 30.7 Å². The molecular weight excluding hydrogens is 336 g/mol. The molecule has 142 valence electrons. The summed E-state index contributed by atoms with van der Waals surface area (Å²) in [4.78, 5) is 25.4. The topological polar surface area (TPSA) is 106 Å². The summed E-state index contributed by atoms with van der Waals surface area (Å²) in [5.74, 6) is 0.388. The molecule has 2 saturated heterocycles. The van der Waals surface area contributed by atoms with E-state index in [-0.39, 0.29) is 18.2 Å². The van der Waals surface area contributed by atoms with Gasteiger partial charge in [-0.1, -0.05) is 12.1 Å². The van der Waals surface area contributed by atoms with Crippen molar-refractivity contribution in [2.24, 2.45) is 5.73 Å². The number of urea groups is 1. The Labute approximate surface area is 153 Å². The Morgan fingerprint density at radius 2 is 2.12 bits per heavy atom. The lowest BCUT2D eigenvalue weighted by atomic mass is 10.2. The minimum Gasteiger partial charge on any atom is -0.495 e. The molecule has 3 amide bonds. The largest absolute Gasteiger partial charge is 0.495 e. The molecule has 0 spiro atoms. The standard InChI is InChI=1S/C18H26N4O4/c1-25-15-5-3-2-4-14(15)22-9-8-12(11-22)21-18(24)20-10-13-6-7-16(26-13)17(19)23/h2-5,12-13,16H,6-11H2,1H3,(H2,19,23)(H2,20,21,24). The van der Waals surface area contributed by atoms with Gasteiger partial charge in [0.15, 0.2) is 0 Å². The smallest absolute Gasteiger partial charge is 0.315 e. The lowest BCUT2D eigenvalue weighted by Crippen LogP contribution is -2.45. The number of nitrogens with two attached hydrogens (primary N) is 1. The van der Waals surface area contributed by atoms with E-state index in [9.17, 15) is 9.59 Å². The van der Waals surface area contributed by atoms with Crippen molar-refractivity contribution in [2.45, 2.75) is 37.5 Å². The number of carbonyl (C=O) groups is 2. The number of methoxy groups -OCH3 is 1. The molecule has 2 aliphatic heterocycles. The van der Waals surface area contributed by atoms with Crippen LogP contribution in [0, 0.1) is 0 Å². The summed E-state index contributed by atoms with van der Waals surface area (Å²) >= 11 is 0. The van der Waals surface area contributed by atoms with Crippen LogP contribution in [-0.4, -0.2) is 56.9 Å². The van der Waals surface area contributed by atoms with E-state index >= 15 is 0 Å². The first kappa shape index (κ1) is 18.3. The van der Waals surface area contributed by atoms with Crippen LogP contribution in [0.2, 0.25) is 0 Å². The quantitative estimate of drug-likeness (QED) is 0.687. The number of ether oxygens (including phenoxy) is 2. The van der Waals surface area contributed by atoms with Gasteiger partial charge in [-0.15, -0.1) is 0 Å². The zero-order chi connectivity index (χ0) is 18.5. The van der Waals surface area contributed by atoms with Crippen LogP contribution < -0.4 is 26.0 Å². The van der Waals surface area contributed by atoms with E-state index < -0.39 is 12.0 Å². The van der Waals surface area contributed by atoms with Crippen LogP contribution in [0.1, 0.15) is 19.3 Å². The van der Waals surface area contributed by atoms with E-state index in [1.54, 1.807) is 7.11 Å². The third-order valence-corrected chi connectivity index (χ3v) is 4.86. The van der Waals surface area contributed by atoms with Gasteiger partial charge in [0, 0.05) is 25.7 Å². The van der Waals surface area contributed by atoms with Crippen LogP contribution in [0.15, 0.2) is 24.3 Å². The molecule has 2 aliphatic rings. The van der Waals surface area contributed by atoms with Crippen molar-refractivity contribution in [1.29, 1.82) is 0 Å². The molecule has 2 fully saturated rings. The van der Waals surface area contributed by atoms with Gasteiger partial charge in [0.1, 0.15) is 11.9 Å². The molecule has 0 aromatic heterocycles. The van der Waals surface area contributed by atoms with Crippen molar-refractivity contribution in [1.82, 2.24) is 10.6 Å². The molecule has 8 nitrogen and oxygen atoms in total. The maximum absolute atomic E-state index is 12.1. The second kappa shape index (κ2) is 8.27. The van der Waals surface area contributed by atoms with Crippen LogP contribution in [0.5, 0.6) is 5.75 Å². The van der Waals surface area contributed by atoms with Crippen molar-refractivity contribution in [3.05, 3.63) is 24.3 Å². The molecule has 0 saturated carbocycles. The number of carbonyl (C=O) groups excluding carboxylic acids is 2. The van der Waals surface area contributed by atoms with Gasteiger partial charge in [-0.3, -0.25) is 4.79 Å². The van der Waals surface area contributed by atoms with Crippen molar-refractivity contribution < 1.29 is 19.1 Å². The predicted molar refractivity (Wildman–Crippen MR) is 97.2 cm³/mol. The van der Waals surface area contributed by atoms with E-state index in [2.05, 4.69) is 15.5 Å². The van der Waals surface area contributed by atoms with Crippen molar-refractivity contribution >= 4 is 17.6 Å². The van der Waals surface area contributed by atoms with Gasteiger partial charge in [0.05, 0.1) is 18.9 Å². The second-order valence-electron chi connectivity index (χ2n) is 6.68.